The summed E-state index contributed by atoms with van der Waals surface area (Å²) >= 11 is 0. The van der Waals surface area contributed by atoms with Crippen molar-refractivity contribution in [2.75, 3.05) is 7.11 Å². The second-order valence-electron chi connectivity index (χ2n) is 3.02. The van der Waals surface area contributed by atoms with Gasteiger partial charge in [-0.15, -0.1) is 13.2 Å². The molecule has 0 fully saturated rings. The van der Waals surface area contributed by atoms with Gasteiger partial charge < -0.3 is 9.47 Å². The maximum absolute atomic E-state index is 11.9. The number of aryl methyl sites for hydroxylation is 1. The van der Waals surface area contributed by atoms with Crippen molar-refractivity contribution in [2.45, 2.75) is 13.3 Å². The van der Waals surface area contributed by atoms with Gasteiger partial charge in [-0.25, -0.2) is 4.79 Å². The number of rotatable bonds is 2. The molecule has 88 valence electrons. The summed E-state index contributed by atoms with van der Waals surface area (Å²) in [6, 6.07) is 3.56. The first kappa shape index (κ1) is 12.4. The Bertz CT molecular complexity index is 399. The number of benzene rings is 1. The van der Waals surface area contributed by atoms with Crippen LogP contribution in [0.15, 0.2) is 18.2 Å². The molecule has 0 unspecified atom stereocenters. The van der Waals surface area contributed by atoms with Crippen LogP contribution in [-0.2, 0) is 4.74 Å². The molecule has 0 saturated carbocycles. The van der Waals surface area contributed by atoms with Crippen LogP contribution in [0.4, 0.5) is 13.2 Å². The van der Waals surface area contributed by atoms with Gasteiger partial charge in [0, 0.05) is 0 Å². The minimum Gasteiger partial charge on any atom is -0.465 e. The molecule has 1 rings (SSSR count). The summed E-state index contributed by atoms with van der Waals surface area (Å²) in [6.45, 7) is 1.41. The number of halogens is 3. The Hall–Kier alpha value is -1.72. The van der Waals surface area contributed by atoms with Gasteiger partial charge in [0.15, 0.2) is 0 Å². The molecule has 0 aliphatic carbocycles. The lowest BCUT2D eigenvalue weighted by Crippen LogP contribution is -2.18. The second-order valence-corrected chi connectivity index (χ2v) is 3.02. The van der Waals surface area contributed by atoms with E-state index in [0.29, 0.717) is 0 Å². The maximum atomic E-state index is 11.9. The highest BCUT2D eigenvalue weighted by Crippen LogP contribution is 2.26. The number of methoxy groups -OCH3 is 1. The number of carbonyl (C=O) groups is 1. The van der Waals surface area contributed by atoms with Crippen molar-refractivity contribution in [2.24, 2.45) is 0 Å². The van der Waals surface area contributed by atoms with Crippen molar-refractivity contribution >= 4 is 5.97 Å². The van der Waals surface area contributed by atoms with Crippen molar-refractivity contribution < 1.29 is 27.4 Å². The van der Waals surface area contributed by atoms with Crippen LogP contribution in [0.5, 0.6) is 5.75 Å². The van der Waals surface area contributed by atoms with E-state index in [0.717, 1.165) is 6.07 Å². The molecule has 1 aromatic carbocycles. The summed E-state index contributed by atoms with van der Waals surface area (Å²) in [7, 11) is 1.19. The molecule has 0 heterocycles. The van der Waals surface area contributed by atoms with Crippen molar-refractivity contribution in [3.8, 4) is 5.75 Å². The largest absolute Gasteiger partial charge is 0.573 e. The molecule has 0 amide bonds. The van der Waals surface area contributed by atoms with Gasteiger partial charge in [0.2, 0.25) is 0 Å². The van der Waals surface area contributed by atoms with E-state index in [1.807, 2.05) is 0 Å². The number of alkyl halides is 3. The highest BCUT2D eigenvalue weighted by molar-refractivity contribution is 5.89. The van der Waals surface area contributed by atoms with E-state index in [2.05, 4.69) is 9.47 Å². The van der Waals surface area contributed by atoms with E-state index in [1.165, 1.54) is 26.2 Å². The Morgan fingerprint density at radius 1 is 1.31 bits per heavy atom. The predicted octanol–water partition coefficient (Wildman–Crippen LogP) is 2.68. The Morgan fingerprint density at radius 2 is 1.94 bits per heavy atom. The first-order valence-corrected chi connectivity index (χ1v) is 4.28. The van der Waals surface area contributed by atoms with Crippen LogP contribution in [0, 0.1) is 6.92 Å². The standard InChI is InChI=1S/C10H9F3O3/c1-6-5-7(9(14)15-2)3-4-8(6)16-10(11,12)13/h3-5H,1-2H3. The van der Waals surface area contributed by atoms with Gasteiger partial charge in [-0.3, -0.25) is 0 Å². The zero-order valence-electron chi connectivity index (χ0n) is 8.59. The fourth-order valence-corrected chi connectivity index (χ4v) is 1.13. The molecule has 0 aromatic heterocycles. The topological polar surface area (TPSA) is 35.5 Å². The molecule has 1 aromatic rings. The highest BCUT2D eigenvalue weighted by atomic mass is 19.4. The van der Waals surface area contributed by atoms with Gasteiger partial charge in [-0.2, -0.15) is 0 Å². The molecule has 0 spiro atoms. The van der Waals surface area contributed by atoms with Gasteiger partial charge in [0.05, 0.1) is 12.7 Å². The number of ether oxygens (including phenoxy) is 2. The lowest BCUT2D eigenvalue weighted by molar-refractivity contribution is -0.274. The average Bonchev–Trinajstić information content (AvgIpc) is 2.18. The molecule has 0 saturated heterocycles. The smallest absolute Gasteiger partial charge is 0.465 e. The molecule has 0 aliphatic rings. The number of hydrogen-bond acceptors (Lipinski definition) is 3. The summed E-state index contributed by atoms with van der Waals surface area (Å²) in [4.78, 5) is 11.1. The summed E-state index contributed by atoms with van der Waals surface area (Å²) in [5, 5.41) is 0. The molecule has 0 N–H and O–H groups in total. The van der Waals surface area contributed by atoms with Gasteiger partial charge in [-0.05, 0) is 30.7 Å². The SMILES string of the molecule is COC(=O)c1ccc(OC(F)(F)F)c(C)c1. The average molecular weight is 234 g/mol. The highest BCUT2D eigenvalue weighted by Gasteiger charge is 2.31. The number of esters is 1. The van der Waals surface area contributed by atoms with E-state index < -0.39 is 12.3 Å². The molecular formula is C10H9F3O3. The Morgan fingerprint density at radius 3 is 2.38 bits per heavy atom. The first-order chi connectivity index (χ1) is 7.33. The van der Waals surface area contributed by atoms with Crippen molar-refractivity contribution in [3.63, 3.8) is 0 Å². The normalized spacial score (nSPS) is 11.1. The zero-order chi connectivity index (χ0) is 12.3. The molecule has 3 nitrogen and oxygen atoms in total. The van der Waals surface area contributed by atoms with E-state index in [4.69, 9.17) is 0 Å². The Kier molecular flexibility index (Phi) is 3.41. The van der Waals surface area contributed by atoms with Crippen LogP contribution in [0.25, 0.3) is 0 Å². The minimum absolute atomic E-state index is 0.175. The van der Waals surface area contributed by atoms with Crippen molar-refractivity contribution in [3.05, 3.63) is 29.3 Å². The summed E-state index contributed by atoms with van der Waals surface area (Å²) in [6.07, 6.45) is -4.74. The van der Waals surface area contributed by atoms with Crippen LogP contribution in [0.2, 0.25) is 0 Å². The zero-order valence-corrected chi connectivity index (χ0v) is 8.59. The third kappa shape index (κ3) is 3.15. The minimum atomic E-state index is -4.74. The number of carbonyl (C=O) groups excluding carboxylic acids is 1. The first-order valence-electron chi connectivity index (χ1n) is 4.28. The van der Waals surface area contributed by atoms with Gasteiger partial charge >= 0.3 is 12.3 Å². The van der Waals surface area contributed by atoms with E-state index in [-0.39, 0.29) is 16.9 Å². The Balaban J connectivity index is 2.96. The van der Waals surface area contributed by atoms with Crippen LogP contribution >= 0.6 is 0 Å². The molecule has 16 heavy (non-hydrogen) atoms. The predicted molar refractivity (Wildman–Crippen MR) is 49.2 cm³/mol. The molecule has 0 aliphatic heterocycles. The molecule has 0 atom stereocenters. The van der Waals surface area contributed by atoms with Crippen molar-refractivity contribution in [1.82, 2.24) is 0 Å². The monoisotopic (exact) mass is 234 g/mol. The second kappa shape index (κ2) is 4.42. The molecule has 0 radical (unpaired) electrons. The lowest BCUT2D eigenvalue weighted by atomic mass is 10.1. The van der Waals surface area contributed by atoms with Crippen LogP contribution < -0.4 is 4.74 Å². The fourth-order valence-electron chi connectivity index (χ4n) is 1.13. The number of hydrogen-bond donors (Lipinski definition) is 0. The summed E-state index contributed by atoms with van der Waals surface area (Å²) in [5.41, 5.74) is 0.384. The quantitative estimate of drug-likeness (QED) is 0.738. The van der Waals surface area contributed by atoms with Gasteiger partial charge in [0.25, 0.3) is 0 Å². The molecule has 0 bridgehead atoms. The van der Waals surface area contributed by atoms with Crippen LogP contribution in [0.1, 0.15) is 15.9 Å². The van der Waals surface area contributed by atoms with Gasteiger partial charge in [-0.1, -0.05) is 0 Å². The lowest BCUT2D eigenvalue weighted by Gasteiger charge is -2.11. The van der Waals surface area contributed by atoms with Crippen molar-refractivity contribution in [1.29, 1.82) is 0 Å². The van der Waals surface area contributed by atoms with E-state index in [9.17, 15) is 18.0 Å². The van der Waals surface area contributed by atoms with E-state index >= 15 is 0 Å². The molecule has 6 heteroatoms. The summed E-state index contributed by atoms with van der Waals surface area (Å²) in [5.74, 6) is -0.943. The maximum Gasteiger partial charge on any atom is 0.573 e. The third-order valence-electron chi connectivity index (χ3n) is 1.82. The molecular weight excluding hydrogens is 225 g/mol. The summed E-state index contributed by atoms with van der Waals surface area (Å²) < 4.78 is 44.0. The fraction of sp³-hybridized carbons (Fsp3) is 0.300. The Labute approximate surface area is 89.8 Å². The van der Waals surface area contributed by atoms with E-state index in [1.54, 1.807) is 0 Å². The van der Waals surface area contributed by atoms with Crippen LogP contribution in [-0.4, -0.2) is 19.4 Å². The van der Waals surface area contributed by atoms with Gasteiger partial charge in [0.1, 0.15) is 5.75 Å². The van der Waals surface area contributed by atoms with Crippen LogP contribution in [0.3, 0.4) is 0 Å². The third-order valence-corrected chi connectivity index (χ3v) is 1.82.